The van der Waals surface area contributed by atoms with E-state index in [-0.39, 0.29) is 16.6 Å². The van der Waals surface area contributed by atoms with Gasteiger partial charge in [0.1, 0.15) is 11.0 Å². The summed E-state index contributed by atoms with van der Waals surface area (Å²) in [5, 5.41) is 2.13. The molecule has 4 rings (SSSR count). The molecule has 0 aromatic carbocycles. The van der Waals surface area contributed by atoms with Gasteiger partial charge < -0.3 is 10.6 Å². The van der Waals surface area contributed by atoms with Gasteiger partial charge in [0.15, 0.2) is 5.65 Å². The third-order valence-corrected chi connectivity index (χ3v) is 13.8. The van der Waals surface area contributed by atoms with E-state index in [1.165, 1.54) is 0 Å². The molecule has 180 valence electrons. The highest BCUT2D eigenvalue weighted by molar-refractivity contribution is 14.2. The topological polar surface area (TPSA) is 72.9 Å². The quantitative estimate of drug-likeness (QED) is 0.233. The van der Waals surface area contributed by atoms with Gasteiger partial charge >= 0.3 is 0 Å². The van der Waals surface area contributed by atoms with Crippen molar-refractivity contribution in [2.45, 2.75) is 44.4 Å². The Morgan fingerprint density at radius 1 is 1.27 bits per heavy atom. The van der Waals surface area contributed by atoms with Crippen LogP contribution in [0.25, 0.3) is 11.0 Å². The van der Waals surface area contributed by atoms with E-state index in [9.17, 15) is 0 Å². The van der Waals surface area contributed by atoms with E-state index in [4.69, 9.17) is 28.9 Å². The molecule has 0 spiro atoms. The molecule has 33 heavy (non-hydrogen) atoms. The predicted molar refractivity (Wildman–Crippen MR) is 156 cm³/mol. The zero-order valence-corrected chi connectivity index (χ0v) is 24.7. The molecule has 1 aliphatic heterocycles. The Bertz CT molecular complexity index is 1190. The number of pyridine rings is 1. The van der Waals surface area contributed by atoms with Crippen LogP contribution in [0.15, 0.2) is 18.5 Å². The summed E-state index contributed by atoms with van der Waals surface area (Å²) in [5.41, 5.74) is 8.81. The number of nitrogen functional groups attached to an aromatic ring is 1. The number of hydrogen-bond acceptors (Lipinski definition) is 6. The van der Waals surface area contributed by atoms with Gasteiger partial charge in [0, 0.05) is 78.2 Å². The van der Waals surface area contributed by atoms with Crippen LogP contribution in [-0.4, -0.2) is 48.5 Å². The van der Waals surface area contributed by atoms with Gasteiger partial charge in [-0.15, -0.1) is 0 Å². The maximum Gasteiger partial charge on any atom is 0.223 e. The Kier molecular flexibility index (Phi) is 7.29. The summed E-state index contributed by atoms with van der Waals surface area (Å²) in [5.74, 6) is 2.43. The Labute approximate surface area is 223 Å². The number of fused-ring (bicyclic) bond motifs is 2. The minimum atomic E-state index is -0.780. The molecule has 0 aliphatic carbocycles. The molecule has 0 radical (unpaired) electrons. The molecule has 2 N–H and O–H groups in total. The average Bonchev–Trinajstić information content (AvgIpc) is 3.29. The fraction of sp³-hybridized carbons (Fsp3) is 0.500. The number of rotatable bonds is 6. The highest BCUT2D eigenvalue weighted by atomic mass is 127. The van der Waals surface area contributed by atoms with Crippen molar-refractivity contribution in [3.63, 3.8) is 0 Å². The van der Waals surface area contributed by atoms with Crippen LogP contribution in [0.5, 0.6) is 0 Å². The Morgan fingerprint density at radius 3 is 2.67 bits per heavy atom. The first-order chi connectivity index (χ1) is 15.4. The lowest BCUT2D eigenvalue weighted by Crippen LogP contribution is -2.27. The monoisotopic (exact) mass is 638 g/mol. The van der Waals surface area contributed by atoms with Gasteiger partial charge in [-0.25, -0.2) is 20.0 Å². The second kappa shape index (κ2) is 9.44. The van der Waals surface area contributed by atoms with Crippen molar-refractivity contribution in [1.82, 2.24) is 18.9 Å². The molecule has 3 aromatic heterocycles. The van der Waals surface area contributed by atoms with E-state index in [0.29, 0.717) is 11.7 Å². The Hall–Kier alpha value is -0.620. The summed E-state index contributed by atoms with van der Waals surface area (Å²) in [6.07, 6.45) is 9.72. The third kappa shape index (κ3) is 4.90. The van der Waals surface area contributed by atoms with Gasteiger partial charge in [0.25, 0.3) is 0 Å². The molecule has 0 saturated carbocycles. The van der Waals surface area contributed by atoms with Crippen LogP contribution in [0.3, 0.4) is 0 Å². The summed E-state index contributed by atoms with van der Waals surface area (Å²) >= 11 is 15.7. The van der Waals surface area contributed by atoms with Crippen molar-refractivity contribution < 1.29 is 0 Å². The molecule has 3 aromatic rings. The summed E-state index contributed by atoms with van der Waals surface area (Å²) in [4.78, 5) is 15.7. The lowest BCUT2D eigenvalue weighted by atomic mass is 10.0. The van der Waals surface area contributed by atoms with Gasteiger partial charge in [-0.05, 0) is 35.5 Å². The molecule has 0 fully saturated rings. The molecule has 1 unspecified atom stereocenters. The van der Waals surface area contributed by atoms with Crippen LogP contribution in [0.1, 0.15) is 44.2 Å². The van der Waals surface area contributed by atoms with Crippen molar-refractivity contribution in [2.75, 3.05) is 35.4 Å². The fourth-order valence-electron chi connectivity index (χ4n) is 4.04. The van der Waals surface area contributed by atoms with Crippen LogP contribution in [0.2, 0.25) is 10.2 Å². The number of nitrogens with zero attached hydrogens (tertiary/aromatic N) is 5. The second-order valence-corrected chi connectivity index (χ2v) is 17.0. The number of aromatic nitrogens is 4. The van der Waals surface area contributed by atoms with E-state index in [0.717, 1.165) is 51.7 Å². The van der Waals surface area contributed by atoms with E-state index in [1.807, 2.05) is 22.4 Å². The number of halogens is 3. The zero-order valence-electron chi connectivity index (χ0n) is 19.4. The second-order valence-electron chi connectivity index (χ2n) is 9.88. The van der Waals surface area contributed by atoms with Crippen LogP contribution < -0.4 is 10.6 Å². The van der Waals surface area contributed by atoms with Gasteiger partial charge in [-0.3, -0.25) is 3.97 Å². The van der Waals surface area contributed by atoms with E-state index < -0.39 is 10.0 Å². The van der Waals surface area contributed by atoms with Crippen LogP contribution in [0.4, 0.5) is 11.8 Å². The summed E-state index contributed by atoms with van der Waals surface area (Å²) < 4.78 is 2.29. The van der Waals surface area contributed by atoms with Gasteiger partial charge in [0.05, 0.1) is 5.02 Å². The number of nitrogens with two attached hydrogens (primary N) is 1. The summed E-state index contributed by atoms with van der Waals surface area (Å²) in [6.45, 7) is 8.41. The number of hydrogen-bond donors (Lipinski definition) is 1. The lowest BCUT2D eigenvalue weighted by Gasteiger charge is -2.45. The summed E-state index contributed by atoms with van der Waals surface area (Å²) in [6, 6.07) is 2.01. The molecular formula is C22H29Cl2IN6S2. The normalized spacial score (nSPS) is 17.1. The third-order valence-electron chi connectivity index (χ3n) is 6.80. The Balaban J connectivity index is 1.64. The molecule has 6 nitrogen and oxygen atoms in total. The molecule has 0 amide bonds. The SMILES string of the molecule is CC(C)(C)S(C)(C)CCC1CN(Cc2cnc3c(ccn3SI)c2Cl)c2nc(N)nc(Cl)c21. The molecule has 4 heterocycles. The standard InChI is InChI=1S/C22H29Cl2IN6S2/c1-22(2,3)33(4,5)9-7-13-11-30(20-16(13)18(24)28-21(26)29-20)12-14-10-27-19-15(17(14)23)6-8-31(19)32-25/h6,8,10,13H,7,9,11-12H2,1-5H3,(H2,26,28,29). The minimum absolute atomic E-state index is 0.195. The molecule has 0 bridgehead atoms. The predicted octanol–water partition coefficient (Wildman–Crippen LogP) is 6.92. The first-order valence-electron chi connectivity index (χ1n) is 10.6. The van der Waals surface area contributed by atoms with Crippen molar-refractivity contribution >= 4 is 86.4 Å². The van der Waals surface area contributed by atoms with Crippen LogP contribution in [-0.2, 0) is 6.54 Å². The molecule has 11 heteroatoms. The zero-order chi connectivity index (χ0) is 24.1. The number of anilines is 2. The van der Waals surface area contributed by atoms with Crippen molar-refractivity contribution in [3.05, 3.63) is 39.8 Å². The molecule has 1 atom stereocenters. The fourth-order valence-corrected chi connectivity index (χ4v) is 7.38. The Morgan fingerprint density at radius 2 is 2.00 bits per heavy atom. The van der Waals surface area contributed by atoms with Gasteiger partial charge in [0.2, 0.25) is 5.95 Å². The lowest BCUT2D eigenvalue weighted by molar-refractivity contribution is 0.668. The smallest absolute Gasteiger partial charge is 0.223 e. The van der Waals surface area contributed by atoms with Crippen molar-refractivity contribution in [3.8, 4) is 0 Å². The first kappa shape index (κ1) is 25.5. The van der Waals surface area contributed by atoms with Crippen LogP contribution >= 0.6 is 63.6 Å². The van der Waals surface area contributed by atoms with Crippen LogP contribution in [0, 0.1) is 0 Å². The molecular weight excluding hydrogens is 610 g/mol. The van der Waals surface area contributed by atoms with Gasteiger partial charge in [-0.2, -0.15) is 4.98 Å². The first-order valence-corrected chi connectivity index (χ1v) is 17.3. The van der Waals surface area contributed by atoms with Crippen molar-refractivity contribution in [1.29, 1.82) is 0 Å². The van der Waals surface area contributed by atoms with E-state index in [1.54, 1.807) is 9.12 Å². The highest BCUT2D eigenvalue weighted by Crippen LogP contribution is 2.55. The maximum absolute atomic E-state index is 6.82. The van der Waals surface area contributed by atoms with E-state index >= 15 is 0 Å². The molecule has 1 aliphatic rings. The minimum Gasteiger partial charge on any atom is -0.368 e. The largest absolute Gasteiger partial charge is 0.368 e. The average molecular weight is 639 g/mol. The maximum atomic E-state index is 6.82. The van der Waals surface area contributed by atoms with E-state index in [2.05, 4.69) is 74.3 Å². The summed E-state index contributed by atoms with van der Waals surface area (Å²) in [7, 11) is 0.788. The molecule has 0 saturated heterocycles. The van der Waals surface area contributed by atoms with Gasteiger partial charge in [-0.1, -0.05) is 44.0 Å². The highest BCUT2D eigenvalue weighted by Gasteiger charge is 2.36. The van der Waals surface area contributed by atoms with Crippen molar-refractivity contribution in [2.24, 2.45) is 0 Å².